The van der Waals surface area contributed by atoms with E-state index in [1.165, 1.54) is 12.1 Å². The quantitative estimate of drug-likeness (QED) is 0.741. The van der Waals surface area contributed by atoms with E-state index in [0.717, 1.165) is 30.3 Å². The second-order valence-corrected chi connectivity index (χ2v) is 6.81. The van der Waals surface area contributed by atoms with Crippen LogP contribution >= 0.6 is 11.6 Å². The molecule has 11 heteroatoms. The van der Waals surface area contributed by atoms with E-state index in [4.69, 9.17) is 16.7 Å². The van der Waals surface area contributed by atoms with Crippen LogP contribution in [0.2, 0.25) is 5.02 Å². The fourth-order valence-corrected chi connectivity index (χ4v) is 2.72. The number of anilines is 2. The maximum atomic E-state index is 12.5. The van der Waals surface area contributed by atoms with Gasteiger partial charge in [0.15, 0.2) is 0 Å². The van der Waals surface area contributed by atoms with E-state index in [9.17, 15) is 26.4 Å². The maximum Gasteiger partial charge on any atom is 0.416 e. The number of nitrogens with one attached hydrogen (secondary N) is 2. The van der Waals surface area contributed by atoms with E-state index in [1.807, 2.05) is 0 Å². The van der Waals surface area contributed by atoms with Gasteiger partial charge in [-0.15, -0.1) is 0 Å². The molecule has 0 saturated heterocycles. The highest BCUT2D eigenvalue weighted by molar-refractivity contribution is 7.89. The van der Waals surface area contributed by atoms with Gasteiger partial charge in [-0.3, -0.25) is 0 Å². The number of carbonyl (C=O) groups excluding carboxylic acids is 1. The van der Waals surface area contributed by atoms with Crippen LogP contribution in [0, 0.1) is 0 Å². The van der Waals surface area contributed by atoms with Crippen molar-refractivity contribution in [1.82, 2.24) is 0 Å². The maximum absolute atomic E-state index is 12.5. The first-order chi connectivity index (χ1) is 11.5. The van der Waals surface area contributed by atoms with Crippen LogP contribution < -0.4 is 15.8 Å². The van der Waals surface area contributed by atoms with Crippen LogP contribution in [0.1, 0.15) is 5.56 Å². The third-order valence-corrected chi connectivity index (χ3v) is 4.17. The summed E-state index contributed by atoms with van der Waals surface area (Å²) >= 11 is 5.76. The Bertz CT molecular complexity index is 900. The summed E-state index contributed by atoms with van der Waals surface area (Å²) in [6, 6.07) is 6.39. The number of primary sulfonamides is 1. The van der Waals surface area contributed by atoms with Gasteiger partial charge in [-0.1, -0.05) is 11.6 Å². The first-order valence-corrected chi connectivity index (χ1v) is 8.47. The topological polar surface area (TPSA) is 101 Å². The average molecular weight is 394 g/mol. The molecule has 0 aliphatic carbocycles. The van der Waals surface area contributed by atoms with Crippen LogP contribution in [0.25, 0.3) is 0 Å². The van der Waals surface area contributed by atoms with Gasteiger partial charge in [0.2, 0.25) is 10.0 Å². The molecule has 4 N–H and O–H groups in total. The molecule has 0 aromatic heterocycles. The highest BCUT2D eigenvalue weighted by Gasteiger charge is 2.30. The monoisotopic (exact) mass is 393 g/mol. The number of rotatable bonds is 3. The number of amides is 2. The summed E-state index contributed by atoms with van der Waals surface area (Å²) in [5, 5.41) is 9.70. The molecule has 2 rings (SSSR count). The Labute approximate surface area is 145 Å². The molecule has 0 unspecified atom stereocenters. The predicted octanol–water partition coefficient (Wildman–Crippen LogP) is 3.65. The molecule has 25 heavy (non-hydrogen) atoms. The lowest BCUT2D eigenvalue weighted by Gasteiger charge is -2.12. The molecule has 0 aliphatic heterocycles. The second-order valence-electron chi connectivity index (χ2n) is 4.84. The number of hydrogen-bond acceptors (Lipinski definition) is 3. The molecule has 0 aliphatic rings. The molecule has 2 aromatic carbocycles. The van der Waals surface area contributed by atoms with Gasteiger partial charge >= 0.3 is 12.2 Å². The van der Waals surface area contributed by atoms with Gasteiger partial charge in [-0.05, 0) is 42.5 Å². The molecule has 6 nitrogen and oxygen atoms in total. The van der Waals surface area contributed by atoms with Crippen LogP contribution in [0.5, 0.6) is 0 Å². The van der Waals surface area contributed by atoms with E-state index < -0.39 is 27.8 Å². The number of urea groups is 1. The minimum atomic E-state index is -4.49. The zero-order chi connectivity index (χ0) is 18.8. The van der Waals surface area contributed by atoms with Gasteiger partial charge in [0.05, 0.1) is 11.3 Å². The van der Waals surface area contributed by atoms with Crippen LogP contribution in [0.15, 0.2) is 47.4 Å². The summed E-state index contributed by atoms with van der Waals surface area (Å²) < 4.78 is 60.4. The Kier molecular flexibility index (Phi) is 5.26. The molecule has 0 atom stereocenters. The molecule has 0 fully saturated rings. The summed E-state index contributed by atoms with van der Waals surface area (Å²) in [5.41, 5.74) is -0.964. The van der Waals surface area contributed by atoms with Crippen molar-refractivity contribution in [2.24, 2.45) is 5.14 Å². The van der Waals surface area contributed by atoms with E-state index in [2.05, 4.69) is 10.6 Å². The van der Waals surface area contributed by atoms with Crippen molar-refractivity contribution in [1.29, 1.82) is 0 Å². The lowest BCUT2D eigenvalue weighted by Crippen LogP contribution is -2.22. The number of hydrogen-bond donors (Lipinski definition) is 3. The fourth-order valence-electron chi connectivity index (χ4n) is 1.88. The van der Waals surface area contributed by atoms with Crippen LogP contribution in [-0.4, -0.2) is 14.4 Å². The minimum absolute atomic E-state index is 0.0738. The molecule has 2 amide bonds. The van der Waals surface area contributed by atoms with Crippen molar-refractivity contribution in [3.05, 3.63) is 53.1 Å². The Balaban J connectivity index is 2.17. The predicted molar refractivity (Wildman–Crippen MR) is 86.9 cm³/mol. The first-order valence-electron chi connectivity index (χ1n) is 6.54. The number of nitrogens with two attached hydrogens (primary N) is 1. The third kappa shape index (κ3) is 5.08. The Morgan fingerprint density at radius 3 is 2.16 bits per heavy atom. The van der Waals surface area contributed by atoms with E-state index in [0.29, 0.717) is 0 Å². The van der Waals surface area contributed by atoms with E-state index >= 15 is 0 Å². The third-order valence-electron chi connectivity index (χ3n) is 2.97. The van der Waals surface area contributed by atoms with Crippen molar-refractivity contribution < 1.29 is 26.4 Å². The molecular weight excluding hydrogens is 383 g/mol. The van der Waals surface area contributed by atoms with Crippen LogP contribution in [-0.2, 0) is 16.2 Å². The Morgan fingerprint density at radius 1 is 1.04 bits per heavy atom. The number of halogens is 4. The normalized spacial score (nSPS) is 11.9. The van der Waals surface area contributed by atoms with Gasteiger partial charge in [0.1, 0.15) is 4.90 Å². The minimum Gasteiger partial charge on any atom is -0.308 e. The van der Waals surface area contributed by atoms with Gasteiger partial charge in [0.25, 0.3) is 0 Å². The molecule has 0 saturated carbocycles. The number of benzene rings is 2. The Morgan fingerprint density at radius 2 is 1.64 bits per heavy atom. The molecule has 0 bridgehead atoms. The van der Waals surface area contributed by atoms with Crippen molar-refractivity contribution in [2.75, 3.05) is 10.6 Å². The molecule has 0 radical (unpaired) electrons. The smallest absolute Gasteiger partial charge is 0.308 e. The zero-order valence-corrected chi connectivity index (χ0v) is 13.8. The molecular formula is C14H11ClF3N3O3S. The SMILES string of the molecule is NS(=O)(=O)c1ccc(Cl)cc1NC(=O)Nc1ccc(C(F)(F)F)cc1. The molecule has 134 valence electrons. The molecule has 0 spiro atoms. The van der Waals surface area contributed by atoms with Crippen molar-refractivity contribution in [3.63, 3.8) is 0 Å². The van der Waals surface area contributed by atoms with E-state index in [-0.39, 0.29) is 21.3 Å². The summed E-state index contributed by atoms with van der Waals surface area (Å²) in [7, 11) is -4.12. The first kappa shape index (κ1) is 19.0. The van der Waals surface area contributed by atoms with Crippen LogP contribution in [0.3, 0.4) is 0 Å². The lowest BCUT2D eigenvalue weighted by atomic mass is 10.2. The number of sulfonamides is 1. The van der Waals surface area contributed by atoms with Gasteiger partial charge in [0, 0.05) is 10.7 Å². The molecule has 2 aromatic rings. The van der Waals surface area contributed by atoms with Gasteiger partial charge in [-0.25, -0.2) is 18.4 Å². The zero-order valence-electron chi connectivity index (χ0n) is 12.3. The van der Waals surface area contributed by atoms with Gasteiger partial charge < -0.3 is 10.6 Å². The highest BCUT2D eigenvalue weighted by Crippen LogP contribution is 2.30. The summed E-state index contributed by atoms with van der Waals surface area (Å²) in [6.45, 7) is 0. The summed E-state index contributed by atoms with van der Waals surface area (Å²) in [6.07, 6.45) is -4.49. The summed E-state index contributed by atoms with van der Waals surface area (Å²) in [5.74, 6) is 0. The number of carbonyl (C=O) groups is 1. The number of alkyl halides is 3. The second kappa shape index (κ2) is 6.90. The standard InChI is InChI=1S/C14H11ClF3N3O3S/c15-9-3-6-12(25(19,23)24)11(7-9)21-13(22)20-10-4-1-8(2-5-10)14(16,17)18/h1-7H,(H2,19,23,24)(H2,20,21,22). The lowest BCUT2D eigenvalue weighted by molar-refractivity contribution is -0.137. The molecule has 0 heterocycles. The fraction of sp³-hybridized carbons (Fsp3) is 0.0714. The average Bonchev–Trinajstić information content (AvgIpc) is 2.45. The largest absolute Gasteiger partial charge is 0.416 e. The van der Waals surface area contributed by atoms with Crippen LogP contribution in [0.4, 0.5) is 29.3 Å². The van der Waals surface area contributed by atoms with E-state index in [1.54, 1.807) is 0 Å². The Hall–Kier alpha value is -2.30. The highest BCUT2D eigenvalue weighted by atomic mass is 35.5. The van der Waals surface area contributed by atoms with Crippen molar-refractivity contribution in [3.8, 4) is 0 Å². The van der Waals surface area contributed by atoms with Gasteiger partial charge in [-0.2, -0.15) is 13.2 Å². The summed E-state index contributed by atoms with van der Waals surface area (Å²) in [4.78, 5) is 11.6. The van der Waals surface area contributed by atoms with Crippen molar-refractivity contribution >= 4 is 39.0 Å². The van der Waals surface area contributed by atoms with Crippen molar-refractivity contribution in [2.45, 2.75) is 11.1 Å².